The molecule has 0 saturated carbocycles. The Morgan fingerprint density at radius 3 is 2.40 bits per heavy atom. The van der Waals surface area contributed by atoms with Crippen LogP contribution in [0.15, 0.2) is 29.3 Å². The Hall–Kier alpha value is -1.63. The summed E-state index contributed by atoms with van der Waals surface area (Å²) in [6, 6.07) is 8.76. The molecule has 1 saturated heterocycles. The zero-order chi connectivity index (χ0) is 18.1. The molecule has 0 spiro atoms. The summed E-state index contributed by atoms with van der Waals surface area (Å²) in [5, 5.41) is 6.63. The number of methoxy groups -OCH3 is 1. The average Bonchev–Trinajstić information content (AvgIpc) is 2.64. The minimum Gasteiger partial charge on any atom is -0.379 e. The standard InChI is InChI=1S/C19H32N4O2/c1-19(2,24-4)15-22-18(20-3)21-13-16-5-7-17(8-6-16)14-23-9-11-25-12-10-23/h5-8H,9-15H2,1-4H3,(H2,20,21,22). The zero-order valence-electron chi connectivity index (χ0n) is 16.0. The number of nitrogens with one attached hydrogen (secondary N) is 2. The van der Waals surface area contributed by atoms with E-state index in [0.717, 1.165) is 45.4 Å². The average molecular weight is 348 g/mol. The normalized spacial score (nSPS) is 16.7. The quantitative estimate of drug-likeness (QED) is 0.579. The predicted octanol–water partition coefficient (Wildman–Crippen LogP) is 1.61. The van der Waals surface area contributed by atoms with Crippen molar-refractivity contribution in [2.45, 2.75) is 32.5 Å². The number of rotatable bonds is 7. The Morgan fingerprint density at radius 1 is 1.16 bits per heavy atom. The first-order valence-corrected chi connectivity index (χ1v) is 8.90. The lowest BCUT2D eigenvalue weighted by molar-refractivity contribution is 0.0268. The Morgan fingerprint density at radius 2 is 1.80 bits per heavy atom. The number of benzene rings is 1. The highest BCUT2D eigenvalue weighted by atomic mass is 16.5. The molecule has 0 amide bonds. The molecule has 1 aliphatic rings. The summed E-state index contributed by atoms with van der Waals surface area (Å²) in [7, 11) is 3.50. The highest BCUT2D eigenvalue weighted by Crippen LogP contribution is 2.09. The van der Waals surface area contributed by atoms with Crippen molar-refractivity contribution in [3.8, 4) is 0 Å². The summed E-state index contributed by atoms with van der Waals surface area (Å²) in [4.78, 5) is 6.69. The van der Waals surface area contributed by atoms with Crippen molar-refractivity contribution in [3.05, 3.63) is 35.4 Å². The number of guanidine groups is 1. The van der Waals surface area contributed by atoms with E-state index in [0.29, 0.717) is 6.54 Å². The van der Waals surface area contributed by atoms with Crippen LogP contribution in [0.3, 0.4) is 0 Å². The Bertz CT molecular complexity index is 537. The van der Waals surface area contributed by atoms with Crippen LogP contribution in [0.25, 0.3) is 0 Å². The van der Waals surface area contributed by atoms with E-state index in [1.165, 1.54) is 11.1 Å². The summed E-state index contributed by atoms with van der Waals surface area (Å²) < 4.78 is 10.8. The van der Waals surface area contributed by atoms with Gasteiger partial charge in [-0.2, -0.15) is 0 Å². The van der Waals surface area contributed by atoms with Gasteiger partial charge in [0.05, 0.1) is 18.8 Å². The molecule has 0 aromatic heterocycles. The SMILES string of the molecule is CN=C(NCc1ccc(CN2CCOCC2)cc1)NCC(C)(C)OC. The van der Waals surface area contributed by atoms with Gasteiger partial charge in [-0.25, -0.2) is 0 Å². The molecule has 1 heterocycles. The molecule has 1 aromatic rings. The molecule has 0 aliphatic carbocycles. The van der Waals surface area contributed by atoms with Crippen LogP contribution >= 0.6 is 0 Å². The summed E-state index contributed by atoms with van der Waals surface area (Å²) in [6.07, 6.45) is 0. The van der Waals surface area contributed by atoms with Crippen LogP contribution in [-0.2, 0) is 22.6 Å². The maximum absolute atomic E-state index is 5.41. The Kier molecular flexibility index (Phi) is 7.68. The van der Waals surface area contributed by atoms with Crippen molar-refractivity contribution in [2.75, 3.05) is 47.0 Å². The van der Waals surface area contributed by atoms with E-state index >= 15 is 0 Å². The van der Waals surface area contributed by atoms with Gasteiger partial charge in [-0.1, -0.05) is 24.3 Å². The van der Waals surface area contributed by atoms with Crippen molar-refractivity contribution < 1.29 is 9.47 Å². The molecular formula is C19H32N4O2. The fourth-order valence-electron chi connectivity index (χ4n) is 2.56. The van der Waals surface area contributed by atoms with E-state index in [2.05, 4.69) is 44.8 Å². The molecule has 25 heavy (non-hydrogen) atoms. The maximum Gasteiger partial charge on any atom is 0.191 e. The first kappa shape index (κ1) is 19.7. The van der Waals surface area contributed by atoms with Gasteiger partial charge in [-0.3, -0.25) is 9.89 Å². The van der Waals surface area contributed by atoms with Crippen LogP contribution in [0.5, 0.6) is 0 Å². The molecule has 6 nitrogen and oxygen atoms in total. The third-order valence-corrected chi connectivity index (χ3v) is 4.45. The first-order valence-electron chi connectivity index (χ1n) is 8.90. The minimum absolute atomic E-state index is 0.223. The Balaban J connectivity index is 1.77. The van der Waals surface area contributed by atoms with E-state index in [-0.39, 0.29) is 5.60 Å². The number of ether oxygens (including phenoxy) is 2. The maximum atomic E-state index is 5.41. The van der Waals surface area contributed by atoms with Gasteiger partial charge in [-0.15, -0.1) is 0 Å². The lowest BCUT2D eigenvalue weighted by Gasteiger charge is -2.26. The van der Waals surface area contributed by atoms with Crippen molar-refractivity contribution in [3.63, 3.8) is 0 Å². The molecule has 2 N–H and O–H groups in total. The van der Waals surface area contributed by atoms with Crippen LogP contribution < -0.4 is 10.6 Å². The third-order valence-electron chi connectivity index (χ3n) is 4.45. The number of morpholine rings is 1. The van der Waals surface area contributed by atoms with Gasteiger partial charge >= 0.3 is 0 Å². The van der Waals surface area contributed by atoms with Gasteiger partial charge < -0.3 is 20.1 Å². The molecule has 0 atom stereocenters. The molecular weight excluding hydrogens is 316 g/mol. The number of aliphatic imine (C=N–C) groups is 1. The van der Waals surface area contributed by atoms with Gasteiger partial charge in [0.25, 0.3) is 0 Å². The van der Waals surface area contributed by atoms with Crippen LogP contribution in [0, 0.1) is 0 Å². The molecule has 2 rings (SSSR count). The van der Waals surface area contributed by atoms with Crippen LogP contribution in [0.2, 0.25) is 0 Å². The van der Waals surface area contributed by atoms with Crippen molar-refractivity contribution >= 4 is 5.96 Å². The second kappa shape index (κ2) is 9.75. The molecule has 140 valence electrons. The van der Waals surface area contributed by atoms with Gasteiger partial charge in [0, 0.05) is 46.9 Å². The summed E-state index contributed by atoms with van der Waals surface area (Å²) >= 11 is 0. The fourth-order valence-corrected chi connectivity index (χ4v) is 2.56. The largest absolute Gasteiger partial charge is 0.379 e. The zero-order valence-corrected chi connectivity index (χ0v) is 16.0. The van der Waals surface area contributed by atoms with Gasteiger partial charge in [0.2, 0.25) is 0 Å². The van der Waals surface area contributed by atoms with E-state index in [4.69, 9.17) is 9.47 Å². The molecule has 1 aromatic carbocycles. The van der Waals surface area contributed by atoms with E-state index in [1.54, 1.807) is 14.2 Å². The van der Waals surface area contributed by atoms with Gasteiger partial charge in [0.15, 0.2) is 5.96 Å². The molecule has 0 bridgehead atoms. The van der Waals surface area contributed by atoms with Crippen molar-refractivity contribution in [1.29, 1.82) is 0 Å². The minimum atomic E-state index is -0.223. The van der Waals surface area contributed by atoms with E-state index in [9.17, 15) is 0 Å². The molecule has 0 unspecified atom stereocenters. The monoisotopic (exact) mass is 348 g/mol. The number of nitrogens with zero attached hydrogens (tertiary/aromatic N) is 2. The molecule has 6 heteroatoms. The van der Waals surface area contributed by atoms with Crippen molar-refractivity contribution in [1.82, 2.24) is 15.5 Å². The first-order chi connectivity index (χ1) is 12.0. The van der Waals surface area contributed by atoms with E-state index < -0.39 is 0 Å². The lowest BCUT2D eigenvalue weighted by atomic mass is 10.1. The highest BCUT2D eigenvalue weighted by molar-refractivity contribution is 5.79. The molecule has 0 radical (unpaired) electrons. The van der Waals surface area contributed by atoms with Crippen molar-refractivity contribution in [2.24, 2.45) is 4.99 Å². The molecule has 1 fully saturated rings. The lowest BCUT2D eigenvalue weighted by Crippen LogP contribution is -2.45. The smallest absolute Gasteiger partial charge is 0.191 e. The number of hydrogen-bond donors (Lipinski definition) is 2. The van der Waals surface area contributed by atoms with Crippen LogP contribution in [0.4, 0.5) is 0 Å². The highest BCUT2D eigenvalue weighted by Gasteiger charge is 2.16. The van der Waals surface area contributed by atoms with Gasteiger partial charge in [0.1, 0.15) is 0 Å². The third kappa shape index (κ3) is 7.02. The number of hydrogen-bond acceptors (Lipinski definition) is 4. The fraction of sp³-hybridized carbons (Fsp3) is 0.632. The topological polar surface area (TPSA) is 58.1 Å². The summed E-state index contributed by atoms with van der Waals surface area (Å²) in [5.74, 6) is 0.780. The second-order valence-electron chi connectivity index (χ2n) is 6.95. The second-order valence-corrected chi connectivity index (χ2v) is 6.95. The van der Waals surface area contributed by atoms with Crippen LogP contribution in [-0.4, -0.2) is 63.5 Å². The van der Waals surface area contributed by atoms with Gasteiger partial charge in [-0.05, 0) is 25.0 Å². The molecule has 1 aliphatic heterocycles. The van der Waals surface area contributed by atoms with Crippen LogP contribution in [0.1, 0.15) is 25.0 Å². The Labute approximate surface area is 151 Å². The summed E-state index contributed by atoms with van der Waals surface area (Å²) in [5.41, 5.74) is 2.35. The predicted molar refractivity (Wildman–Crippen MR) is 102 cm³/mol. The van der Waals surface area contributed by atoms with E-state index in [1.807, 2.05) is 13.8 Å². The summed E-state index contributed by atoms with van der Waals surface area (Å²) in [6.45, 7) is 10.2.